The zero-order valence-corrected chi connectivity index (χ0v) is 18.4. The Hall–Kier alpha value is -4.06. The second-order valence-electron chi connectivity index (χ2n) is 7.59. The van der Waals surface area contributed by atoms with Gasteiger partial charge in [-0.3, -0.25) is 9.97 Å². The number of hydrogen-bond donors (Lipinski definition) is 2. The normalized spacial score (nSPS) is 10.8. The molecule has 32 heavy (non-hydrogen) atoms. The molecule has 6 heteroatoms. The minimum absolute atomic E-state index is 0.0866. The predicted molar refractivity (Wildman–Crippen MR) is 124 cm³/mol. The van der Waals surface area contributed by atoms with Gasteiger partial charge >= 0.3 is 0 Å². The van der Waals surface area contributed by atoms with Crippen LogP contribution in [-0.2, 0) is 0 Å². The third kappa shape index (κ3) is 3.95. The van der Waals surface area contributed by atoms with Gasteiger partial charge in [0, 0.05) is 34.6 Å². The molecular formula is C26H24N2O4. The maximum atomic E-state index is 10.5. The average Bonchev–Trinajstić information content (AvgIpc) is 2.81. The summed E-state index contributed by atoms with van der Waals surface area (Å²) in [6, 6.07) is 14.9. The molecule has 0 atom stereocenters. The number of phenols is 2. The van der Waals surface area contributed by atoms with E-state index < -0.39 is 0 Å². The van der Waals surface area contributed by atoms with Crippen molar-refractivity contribution in [1.29, 1.82) is 0 Å². The number of aromatic nitrogens is 2. The van der Waals surface area contributed by atoms with E-state index in [9.17, 15) is 10.2 Å². The van der Waals surface area contributed by atoms with Gasteiger partial charge < -0.3 is 19.7 Å². The van der Waals surface area contributed by atoms with Crippen molar-refractivity contribution in [2.75, 3.05) is 14.2 Å². The summed E-state index contributed by atoms with van der Waals surface area (Å²) in [5, 5.41) is 21.0. The van der Waals surface area contributed by atoms with Crippen LogP contribution in [-0.4, -0.2) is 34.4 Å². The van der Waals surface area contributed by atoms with Crippen LogP contribution in [0, 0.1) is 13.8 Å². The van der Waals surface area contributed by atoms with Gasteiger partial charge in [0.2, 0.25) is 0 Å². The van der Waals surface area contributed by atoms with Crippen LogP contribution in [0.3, 0.4) is 0 Å². The van der Waals surface area contributed by atoms with Crippen LogP contribution in [0.5, 0.6) is 23.0 Å². The first kappa shape index (κ1) is 21.2. The number of pyridine rings is 2. The molecule has 0 aliphatic rings. The van der Waals surface area contributed by atoms with E-state index in [4.69, 9.17) is 9.47 Å². The van der Waals surface area contributed by atoms with Crippen LogP contribution in [0.4, 0.5) is 0 Å². The molecule has 2 heterocycles. The topological polar surface area (TPSA) is 84.7 Å². The van der Waals surface area contributed by atoms with Crippen molar-refractivity contribution in [1.82, 2.24) is 9.97 Å². The quantitative estimate of drug-likeness (QED) is 0.435. The van der Waals surface area contributed by atoms with E-state index in [1.807, 2.05) is 50.2 Å². The Morgan fingerprint density at radius 1 is 0.625 bits per heavy atom. The largest absolute Gasteiger partial charge is 0.504 e. The Morgan fingerprint density at radius 3 is 1.34 bits per heavy atom. The van der Waals surface area contributed by atoms with Crippen molar-refractivity contribution in [2.24, 2.45) is 0 Å². The minimum Gasteiger partial charge on any atom is -0.504 e. The van der Waals surface area contributed by atoms with Crippen LogP contribution in [0.1, 0.15) is 11.1 Å². The third-order valence-corrected chi connectivity index (χ3v) is 5.29. The summed E-state index contributed by atoms with van der Waals surface area (Å²) in [5.41, 5.74) is 6.24. The SMILES string of the molecule is COc1cc(C)cc(-c2ccc(-c3ccc(-c4cc(C)cc(OC)c4O)cn3)nc2)c1O. The highest BCUT2D eigenvalue weighted by Gasteiger charge is 2.14. The van der Waals surface area contributed by atoms with E-state index in [1.165, 1.54) is 14.2 Å². The van der Waals surface area contributed by atoms with Gasteiger partial charge in [-0.05, 0) is 61.4 Å². The number of aromatic hydroxyl groups is 2. The Kier molecular flexibility index (Phi) is 5.69. The molecule has 0 amide bonds. The molecular weight excluding hydrogens is 404 g/mol. The number of hydrogen-bond acceptors (Lipinski definition) is 6. The fourth-order valence-electron chi connectivity index (χ4n) is 3.65. The second kappa shape index (κ2) is 8.59. The van der Waals surface area contributed by atoms with Crippen LogP contribution in [0.15, 0.2) is 60.9 Å². The second-order valence-corrected chi connectivity index (χ2v) is 7.59. The van der Waals surface area contributed by atoms with Gasteiger partial charge in [0.1, 0.15) is 0 Å². The summed E-state index contributed by atoms with van der Waals surface area (Å²) in [4.78, 5) is 9.06. The number of nitrogens with zero attached hydrogens (tertiary/aromatic N) is 2. The van der Waals surface area contributed by atoms with Crippen LogP contribution >= 0.6 is 0 Å². The number of ether oxygens (including phenoxy) is 2. The fraction of sp³-hybridized carbons (Fsp3) is 0.154. The summed E-state index contributed by atoms with van der Waals surface area (Å²) in [6.07, 6.45) is 3.41. The van der Waals surface area contributed by atoms with E-state index in [1.54, 1.807) is 24.5 Å². The van der Waals surface area contributed by atoms with Crippen LogP contribution in [0.2, 0.25) is 0 Å². The van der Waals surface area contributed by atoms with Gasteiger partial charge in [-0.15, -0.1) is 0 Å². The minimum atomic E-state index is 0.0866. The highest BCUT2D eigenvalue weighted by atomic mass is 16.5. The third-order valence-electron chi connectivity index (χ3n) is 5.29. The lowest BCUT2D eigenvalue weighted by atomic mass is 10.0. The standard InChI is InChI=1S/C26H24N2O4/c1-15-9-19(25(29)23(11-15)31-3)17-5-7-21(27-13-17)22-8-6-18(14-28-22)20-10-16(2)12-24(32-4)26(20)30/h5-14,29-30H,1-4H3. The summed E-state index contributed by atoms with van der Waals surface area (Å²) in [7, 11) is 3.06. The molecule has 4 aromatic rings. The lowest BCUT2D eigenvalue weighted by Crippen LogP contribution is -1.92. The maximum absolute atomic E-state index is 10.5. The molecule has 0 radical (unpaired) electrons. The van der Waals surface area contributed by atoms with E-state index in [0.717, 1.165) is 22.3 Å². The van der Waals surface area contributed by atoms with Crippen molar-refractivity contribution in [3.05, 3.63) is 72.1 Å². The maximum Gasteiger partial charge on any atom is 0.165 e. The average molecular weight is 428 g/mol. The molecule has 2 aromatic carbocycles. The number of phenolic OH excluding ortho intramolecular Hbond substituents is 2. The zero-order chi connectivity index (χ0) is 22.8. The lowest BCUT2D eigenvalue weighted by Gasteiger charge is -2.12. The van der Waals surface area contributed by atoms with Crippen molar-refractivity contribution < 1.29 is 19.7 Å². The van der Waals surface area contributed by atoms with Crippen molar-refractivity contribution in [3.63, 3.8) is 0 Å². The number of aryl methyl sites for hydroxylation is 2. The summed E-state index contributed by atoms with van der Waals surface area (Å²) >= 11 is 0. The summed E-state index contributed by atoms with van der Waals surface area (Å²) in [5.74, 6) is 1.03. The van der Waals surface area contributed by atoms with Crippen molar-refractivity contribution >= 4 is 0 Å². The zero-order valence-electron chi connectivity index (χ0n) is 18.4. The van der Waals surface area contributed by atoms with Gasteiger partial charge in [0.05, 0.1) is 25.6 Å². The van der Waals surface area contributed by atoms with Crippen molar-refractivity contribution in [2.45, 2.75) is 13.8 Å². The van der Waals surface area contributed by atoms with Crippen molar-refractivity contribution in [3.8, 4) is 56.6 Å². The van der Waals surface area contributed by atoms with E-state index in [0.29, 0.717) is 34.0 Å². The first-order chi connectivity index (χ1) is 15.4. The van der Waals surface area contributed by atoms with Crippen LogP contribution < -0.4 is 9.47 Å². The van der Waals surface area contributed by atoms with E-state index in [-0.39, 0.29) is 11.5 Å². The number of methoxy groups -OCH3 is 2. The Labute approximate surface area is 186 Å². The van der Waals surface area contributed by atoms with Gasteiger partial charge in [0.15, 0.2) is 23.0 Å². The Balaban J connectivity index is 1.64. The molecule has 0 saturated heterocycles. The molecule has 2 N–H and O–H groups in total. The molecule has 0 fully saturated rings. The molecule has 162 valence electrons. The van der Waals surface area contributed by atoms with E-state index in [2.05, 4.69) is 9.97 Å². The predicted octanol–water partition coefficient (Wildman–Crippen LogP) is 5.52. The van der Waals surface area contributed by atoms with Gasteiger partial charge in [-0.1, -0.05) is 12.1 Å². The molecule has 0 spiro atoms. The lowest BCUT2D eigenvalue weighted by molar-refractivity contribution is 0.374. The highest BCUT2D eigenvalue weighted by molar-refractivity contribution is 5.76. The smallest absolute Gasteiger partial charge is 0.165 e. The number of benzene rings is 2. The number of rotatable bonds is 5. The monoisotopic (exact) mass is 428 g/mol. The molecule has 4 rings (SSSR count). The Morgan fingerprint density at radius 2 is 1.03 bits per heavy atom. The van der Waals surface area contributed by atoms with Gasteiger partial charge in [-0.25, -0.2) is 0 Å². The molecule has 2 aromatic heterocycles. The first-order valence-corrected chi connectivity index (χ1v) is 10.1. The molecule has 0 bridgehead atoms. The molecule has 0 saturated carbocycles. The Bertz CT molecular complexity index is 1170. The van der Waals surface area contributed by atoms with Crippen LogP contribution in [0.25, 0.3) is 33.6 Å². The summed E-state index contributed by atoms with van der Waals surface area (Å²) < 4.78 is 10.5. The fourth-order valence-corrected chi connectivity index (χ4v) is 3.65. The highest BCUT2D eigenvalue weighted by Crippen LogP contribution is 2.39. The molecule has 6 nitrogen and oxygen atoms in total. The van der Waals surface area contributed by atoms with Gasteiger partial charge in [-0.2, -0.15) is 0 Å². The first-order valence-electron chi connectivity index (χ1n) is 10.1. The van der Waals surface area contributed by atoms with Gasteiger partial charge in [0.25, 0.3) is 0 Å². The van der Waals surface area contributed by atoms with E-state index >= 15 is 0 Å². The molecule has 0 aliphatic heterocycles. The molecule has 0 unspecified atom stereocenters. The molecule has 0 aliphatic carbocycles. The summed E-state index contributed by atoms with van der Waals surface area (Å²) in [6.45, 7) is 3.89.